The molecule has 3 rings (SSSR count). The Morgan fingerprint density at radius 1 is 1.14 bits per heavy atom. The predicted octanol–water partition coefficient (Wildman–Crippen LogP) is 1.96. The van der Waals surface area contributed by atoms with Gasteiger partial charge in [-0.15, -0.1) is 0 Å². The highest BCUT2D eigenvalue weighted by Crippen LogP contribution is 2.30. The second-order valence-electron chi connectivity index (χ2n) is 6.70. The molecular formula is C20H26N4O3S. The van der Waals surface area contributed by atoms with Gasteiger partial charge in [-0.25, -0.2) is 8.42 Å². The Morgan fingerprint density at radius 3 is 2.54 bits per heavy atom. The molecule has 0 unspecified atom stereocenters. The SMILES string of the molecule is CCNC(=O)c1ccc(N2CCNCC2)c(NS(=O)(=O)c2ccccc2C)c1. The quantitative estimate of drug-likeness (QED) is 0.687. The molecule has 1 aliphatic rings. The Hall–Kier alpha value is -2.58. The van der Waals surface area contributed by atoms with Crippen molar-refractivity contribution in [2.24, 2.45) is 0 Å². The first-order valence-corrected chi connectivity index (χ1v) is 10.9. The van der Waals surface area contributed by atoms with E-state index in [1.165, 1.54) is 0 Å². The molecule has 1 amide bonds. The van der Waals surface area contributed by atoms with Gasteiger partial charge in [0.15, 0.2) is 0 Å². The standard InChI is InChI=1S/C20H26N4O3S/c1-3-22-20(25)16-8-9-18(24-12-10-21-11-13-24)17(14-16)23-28(26,27)19-7-5-4-6-15(19)2/h4-9,14,21,23H,3,10-13H2,1-2H3,(H,22,25). The fourth-order valence-corrected chi connectivity index (χ4v) is 4.57. The van der Waals surface area contributed by atoms with Crippen molar-refractivity contribution in [3.05, 3.63) is 53.6 Å². The van der Waals surface area contributed by atoms with Gasteiger partial charge in [0.05, 0.1) is 16.3 Å². The highest BCUT2D eigenvalue weighted by molar-refractivity contribution is 7.92. The minimum Gasteiger partial charge on any atom is -0.367 e. The summed E-state index contributed by atoms with van der Waals surface area (Å²) in [5.41, 5.74) is 2.27. The highest BCUT2D eigenvalue weighted by Gasteiger charge is 2.22. The molecular weight excluding hydrogens is 376 g/mol. The van der Waals surface area contributed by atoms with E-state index in [1.54, 1.807) is 43.3 Å². The molecule has 0 aliphatic carbocycles. The van der Waals surface area contributed by atoms with E-state index < -0.39 is 10.0 Å². The monoisotopic (exact) mass is 402 g/mol. The van der Waals surface area contributed by atoms with Crippen LogP contribution in [0.15, 0.2) is 47.4 Å². The van der Waals surface area contributed by atoms with Crippen LogP contribution in [0.25, 0.3) is 0 Å². The topological polar surface area (TPSA) is 90.5 Å². The van der Waals surface area contributed by atoms with Crippen LogP contribution in [-0.4, -0.2) is 47.0 Å². The molecule has 0 saturated carbocycles. The normalized spacial score (nSPS) is 14.6. The molecule has 0 atom stereocenters. The van der Waals surface area contributed by atoms with Gasteiger partial charge in [-0.3, -0.25) is 9.52 Å². The molecule has 1 heterocycles. The number of nitrogens with zero attached hydrogens (tertiary/aromatic N) is 1. The lowest BCUT2D eigenvalue weighted by Crippen LogP contribution is -2.43. The number of hydrogen-bond donors (Lipinski definition) is 3. The van der Waals surface area contributed by atoms with Crippen LogP contribution in [0.3, 0.4) is 0 Å². The first-order valence-electron chi connectivity index (χ1n) is 9.38. The number of carbonyl (C=O) groups is 1. The van der Waals surface area contributed by atoms with E-state index in [4.69, 9.17) is 0 Å². The third-order valence-corrected chi connectivity index (χ3v) is 6.21. The van der Waals surface area contributed by atoms with Crippen molar-refractivity contribution in [2.75, 3.05) is 42.3 Å². The Kier molecular flexibility index (Phi) is 6.21. The molecule has 0 bridgehead atoms. The predicted molar refractivity (Wildman–Crippen MR) is 112 cm³/mol. The van der Waals surface area contributed by atoms with Crippen LogP contribution in [0.5, 0.6) is 0 Å². The number of piperazine rings is 1. The minimum atomic E-state index is -3.78. The summed E-state index contributed by atoms with van der Waals surface area (Å²) in [6, 6.07) is 12.0. The number of hydrogen-bond acceptors (Lipinski definition) is 5. The largest absolute Gasteiger partial charge is 0.367 e. The lowest BCUT2D eigenvalue weighted by atomic mass is 10.1. The van der Waals surface area contributed by atoms with Crippen LogP contribution in [0.1, 0.15) is 22.8 Å². The van der Waals surface area contributed by atoms with Crippen molar-refractivity contribution in [1.29, 1.82) is 0 Å². The fourth-order valence-electron chi connectivity index (χ4n) is 3.26. The van der Waals surface area contributed by atoms with Gasteiger partial charge in [0.1, 0.15) is 0 Å². The van der Waals surface area contributed by atoms with E-state index >= 15 is 0 Å². The summed E-state index contributed by atoms with van der Waals surface area (Å²) in [4.78, 5) is 14.6. The summed E-state index contributed by atoms with van der Waals surface area (Å²) < 4.78 is 28.8. The highest BCUT2D eigenvalue weighted by atomic mass is 32.2. The average Bonchev–Trinajstić information content (AvgIpc) is 2.68. The van der Waals surface area contributed by atoms with Crippen LogP contribution in [0, 0.1) is 6.92 Å². The smallest absolute Gasteiger partial charge is 0.262 e. The van der Waals surface area contributed by atoms with Gasteiger partial charge in [0.2, 0.25) is 0 Å². The van der Waals surface area contributed by atoms with Crippen LogP contribution in [-0.2, 0) is 10.0 Å². The number of nitrogens with one attached hydrogen (secondary N) is 3. The van der Waals surface area contributed by atoms with Gasteiger partial charge in [-0.1, -0.05) is 18.2 Å². The summed E-state index contributed by atoms with van der Waals surface area (Å²) in [5.74, 6) is -0.231. The first-order chi connectivity index (χ1) is 13.4. The zero-order valence-corrected chi connectivity index (χ0v) is 17.0. The van der Waals surface area contributed by atoms with E-state index in [0.29, 0.717) is 23.4 Å². The molecule has 1 fully saturated rings. The molecule has 0 aromatic heterocycles. The van der Waals surface area contributed by atoms with Gasteiger partial charge in [0.25, 0.3) is 15.9 Å². The van der Waals surface area contributed by atoms with Crippen molar-refractivity contribution >= 4 is 27.3 Å². The van der Waals surface area contributed by atoms with Crippen molar-refractivity contribution in [3.8, 4) is 0 Å². The zero-order chi connectivity index (χ0) is 20.1. The Morgan fingerprint density at radius 2 is 1.86 bits per heavy atom. The Bertz CT molecular complexity index is 954. The average molecular weight is 403 g/mol. The Balaban J connectivity index is 2.01. The third kappa shape index (κ3) is 4.45. The molecule has 2 aromatic rings. The number of sulfonamides is 1. The van der Waals surface area contributed by atoms with E-state index in [9.17, 15) is 13.2 Å². The summed E-state index contributed by atoms with van der Waals surface area (Å²) >= 11 is 0. The molecule has 1 saturated heterocycles. The zero-order valence-electron chi connectivity index (χ0n) is 16.2. The van der Waals surface area contributed by atoms with Gasteiger partial charge in [-0.2, -0.15) is 0 Å². The van der Waals surface area contributed by atoms with Crippen LogP contribution < -0.4 is 20.3 Å². The van der Waals surface area contributed by atoms with E-state index in [1.807, 2.05) is 13.0 Å². The first kappa shape index (κ1) is 20.2. The molecule has 0 radical (unpaired) electrons. The second kappa shape index (κ2) is 8.62. The Labute approximate surface area is 166 Å². The second-order valence-corrected chi connectivity index (χ2v) is 8.35. The molecule has 1 aliphatic heterocycles. The maximum Gasteiger partial charge on any atom is 0.262 e. The lowest BCUT2D eigenvalue weighted by Gasteiger charge is -2.31. The van der Waals surface area contributed by atoms with E-state index in [2.05, 4.69) is 20.3 Å². The summed E-state index contributed by atoms with van der Waals surface area (Å²) in [6.07, 6.45) is 0. The number of amides is 1. The third-order valence-electron chi connectivity index (χ3n) is 4.68. The van der Waals surface area contributed by atoms with Gasteiger partial charge < -0.3 is 15.5 Å². The minimum absolute atomic E-state index is 0.227. The summed E-state index contributed by atoms with van der Waals surface area (Å²) in [5, 5.41) is 6.04. The van der Waals surface area contributed by atoms with E-state index in [0.717, 1.165) is 31.9 Å². The number of rotatable bonds is 6. The number of benzene rings is 2. The maximum atomic E-state index is 13.0. The van der Waals surface area contributed by atoms with E-state index in [-0.39, 0.29) is 10.8 Å². The molecule has 28 heavy (non-hydrogen) atoms. The molecule has 0 spiro atoms. The molecule has 2 aromatic carbocycles. The number of carbonyl (C=O) groups excluding carboxylic acids is 1. The van der Waals surface area contributed by atoms with Gasteiger partial charge in [0, 0.05) is 38.3 Å². The number of anilines is 2. The summed E-state index contributed by atoms with van der Waals surface area (Å²) in [7, 11) is -3.78. The van der Waals surface area contributed by atoms with Gasteiger partial charge >= 0.3 is 0 Å². The van der Waals surface area contributed by atoms with Crippen molar-refractivity contribution in [3.63, 3.8) is 0 Å². The van der Waals surface area contributed by atoms with Crippen LogP contribution >= 0.6 is 0 Å². The summed E-state index contributed by atoms with van der Waals surface area (Å²) in [6.45, 7) is 7.28. The molecule has 150 valence electrons. The lowest BCUT2D eigenvalue weighted by molar-refractivity contribution is 0.0956. The maximum absolute atomic E-state index is 13.0. The van der Waals surface area contributed by atoms with Crippen LogP contribution in [0.2, 0.25) is 0 Å². The molecule has 7 nitrogen and oxygen atoms in total. The van der Waals surface area contributed by atoms with Crippen molar-refractivity contribution < 1.29 is 13.2 Å². The number of aryl methyl sites for hydroxylation is 1. The van der Waals surface area contributed by atoms with Crippen molar-refractivity contribution in [2.45, 2.75) is 18.7 Å². The molecule has 8 heteroatoms. The van der Waals surface area contributed by atoms with Gasteiger partial charge in [-0.05, 0) is 43.7 Å². The molecule has 3 N–H and O–H groups in total. The van der Waals surface area contributed by atoms with Crippen LogP contribution in [0.4, 0.5) is 11.4 Å². The fraction of sp³-hybridized carbons (Fsp3) is 0.350. The van der Waals surface area contributed by atoms with Crippen molar-refractivity contribution in [1.82, 2.24) is 10.6 Å².